The molecule has 1 nitrogen and oxygen atoms in total. The van der Waals surface area contributed by atoms with Crippen molar-refractivity contribution in [1.29, 1.82) is 0 Å². The van der Waals surface area contributed by atoms with Crippen molar-refractivity contribution in [2.24, 2.45) is 63.6 Å². The van der Waals surface area contributed by atoms with Crippen LogP contribution in [0.25, 0.3) is 0 Å². The Balaban J connectivity index is 1.31. The van der Waals surface area contributed by atoms with Gasteiger partial charge >= 0.3 is 0 Å². The molecule has 0 aromatic rings. The molecule has 0 aliphatic heterocycles. The first-order valence-electron chi connectivity index (χ1n) is 15.6. The molecule has 0 aromatic carbocycles. The number of hydrogen-bond donors (Lipinski definition) is 0. The van der Waals surface area contributed by atoms with E-state index < -0.39 is 8.32 Å². The average Bonchev–Trinajstić information content (AvgIpc) is 3.33. The lowest BCUT2D eigenvalue weighted by Gasteiger charge is -2.58. The number of rotatable bonds is 6. The maximum atomic E-state index is 6.61. The Hall–Kier alpha value is -0.0831. The summed E-state index contributed by atoms with van der Waals surface area (Å²) >= 11 is 0. The highest BCUT2D eigenvalue weighted by atomic mass is 28.4. The number of hydrogen-bond acceptors (Lipinski definition) is 1. The molecule has 11 atom stereocenters. The molecule has 200 valence electrons. The Bertz CT molecular complexity index is 839. The molecule has 0 heterocycles. The van der Waals surface area contributed by atoms with Crippen molar-refractivity contribution < 1.29 is 4.43 Å². The first-order chi connectivity index (χ1) is 16.2. The second-order valence-corrected chi connectivity index (χ2v) is 20.8. The van der Waals surface area contributed by atoms with Gasteiger partial charge < -0.3 is 4.43 Å². The zero-order chi connectivity index (χ0) is 25.6. The van der Waals surface area contributed by atoms with E-state index in [1.54, 1.807) is 5.57 Å². The maximum Gasteiger partial charge on any atom is 0.184 e. The smallest absolute Gasteiger partial charge is 0.184 e. The molecule has 5 aliphatic carbocycles. The van der Waals surface area contributed by atoms with Gasteiger partial charge in [0.05, 0.1) is 0 Å². The zero-order valence-corrected chi connectivity index (χ0v) is 26.0. The summed E-state index contributed by atoms with van der Waals surface area (Å²) in [6, 6.07) is 0. The third kappa shape index (κ3) is 4.27. The molecule has 0 saturated heterocycles. The van der Waals surface area contributed by atoms with E-state index in [1.165, 1.54) is 57.8 Å². The topological polar surface area (TPSA) is 9.23 Å². The Morgan fingerprint density at radius 3 is 2.26 bits per heavy atom. The van der Waals surface area contributed by atoms with Crippen molar-refractivity contribution in [3.63, 3.8) is 0 Å². The molecule has 0 bridgehead atoms. The van der Waals surface area contributed by atoms with Crippen LogP contribution in [-0.4, -0.2) is 14.4 Å². The Kier molecular flexibility index (Phi) is 6.61. The molecule has 4 fully saturated rings. The van der Waals surface area contributed by atoms with Crippen LogP contribution in [0.4, 0.5) is 0 Å². The second kappa shape index (κ2) is 8.72. The largest absolute Gasteiger partial charge is 0.414 e. The van der Waals surface area contributed by atoms with Gasteiger partial charge in [-0.2, -0.15) is 0 Å². The summed E-state index contributed by atoms with van der Waals surface area (Å²) < 4.78 is 6.61. The van der Waals surface area contributed by atoms with Gasteiger partial charge in [-0.15, -0.1) is 0 Å². The Labute approximate surface area is 219 Å². The van der Waals surface area contributed by atoms with Gasteiger partial charge in [-0.25, -0.2) is 0 Å². The van der Waals surface area contributed by atoms with Crippen LogP contribution in [0.2, 0.25) is 19.6 Å². The third-order valence-electron chi connectivity index (χ3n) is 13.3. The summed E-state index contributed by atoms with van der Waals surface area (Å²) in [5.41, 5.74) is 3.43. The molecule has 2 heteroatoms. The highest BCUT2D eigenvalue weighted by molar-refractivity contribution is 6.69. The SMILES string of the molecule is CC(C)C(C)C1(C)CC1C(C)C1CCC2C3CC=C4CC(O[Si](C)(C)C)CCC4(C)C3CCC12C. The minimum Gasteiger partial charge on any atom is -0.414 e. The lowest BCUT2D eigenvalue weighted by atomic mass is 9.47. The van der Waals surface area contributed by atoms with Crippen molar-refractivity contribution in [1.82, 2.24) is 0 Å². The third-order valence-corrected chi connectivity index (χ3v) is 14.3. The predicted molar refractivity (Wildman–Crippen MR) is 153 cm³/mol. The van der Waals surface area contributed by atoms with Crippen LogP contribution in [0.15, 0.2) is 11.6 Å². The molecular formula is C33H58OSi. The molecule has 4 saturated carbocycles. The van der Waals surface area contributed by atoms with Crippen LogP contribution >= 0.6 is 0 Å². The summed E-state index contributed by atoms with van der Waals surface area (Å²) in [6.45, 7) is 25.2. The summed E-state index contributed by atoms with van der Waals surface area (Å²) in [6.07, 6.45) is 16.0. The molecule has 0 radical (unpaired) electrons. The monoisotopic (exact) mass is 498 g/mol. The van der Waals surface area contributed by atoms with Gasteiger partial charge in [0.15, 0.2) is 8.32 Å². The Morgan fingerprint density at radius 1 is 0.886 bits per heavy atom. The number of fused-ring (bicyclic) bond motifs is 5. The fourth-order valence-corrected chi connectivity index (χ4v) is 12.1. The normalized spacial score (nSPS) is 49.1. The molecule has 5 rings (SSSR count). The standard InChI is InChI=1S/C33H58OSi/c1-21(2)23(4)33(7)20-30(33)22(3)27-13-14-28-26-12-11-24-19-25(34-35(8,9)10)15-17-31(24,5)29(26)16-18-32(27,28)6/h11,21-23,25-30H,12-20H2,1-10H3. The van der Waals surface area contributed by atoms with Crippen molar-refractivity contribution in [3.8, 4) is 0 Å². The molecule has 0 aromatic heterocycles. The zero-order valence-electron chi connectivity index (χ0n) is 25.0. The van der Waals surface area contributed by atoms with Crippen LogP contribution in [0.1, 0.15) is 106 Å². The van der Waals surface area contributed by atoms with E-state index in [0.717, 1.165) is 47.3 Å². The van der Waals surface area contributed by atoms with Crippen LogP contribution in [0, 0.1) is 63.6 Å². The Morgan fingerprint density at radius 2 is 1.60 bits per heavy atom. The minimum absolute atomic E-state index is 0.453. The first-order valence-corrected chi connectivity index (χ1v) is 19.0. The fourth-order valence-electron chi connectivity index (χ4n) is 10.9. The van der Waals surface area contributed by atoms with Crippen LogP contribution in [-0.2, 0) is 4.43 Å². The molecule has 5 aliphatic rings. The quantitative estimate of drug-likeness (QED) is 0.261. The molecule has 0 N–H and O–H groups in total. The van der Waals surface area contributed by atoms with Crippen molar-refractivity contribution in [3.05, 3.63) is 11.6 Å². The highest BCUT2D eigenvalue weighted by Gasteiger charge is 2.63. The van der Waals surface area contributed by atoms with E-state index in [2.05, 4.69) is 74.2 Å². The summed E-state index contributed by atoms with van der Waals surface area (Å²) in [5, 5.41) is 0. The van der Waals surface area contributed by atoms with Gasteiger partial charge in [0.25, 0.3) is 0 Å². The van der Waals surface area contributed by atoms with Crippen LogP contribution in [0.5, 0.6) is 0 Å². The molecule has 0 spiro atoms. The average molecular weight is 499 g/mol. The van der Waals surface area contributed by atoms with E-state index in [1.807, 2.05) is 0 Å². The van der Waals surface area contributed by atoms with Crippen molar-refractivity contribution >= 4 is 8.32 Å². The lowest BCUT2D eigenvalue weighted by Crippen LogP contribution is -2.51. The van der Waals surface area contributed by atoms with E-state index in [4.69, 9.17) is 4.43 Å². The van der Waals surface area contributed by atoms with Gasteiger partial charge in [-0.1, -0.05) is 60.1 Å². The number of allylic oxidation sites excluding steroid dienone is 1. The van der Waals surface area contributed by atoms with Crippen molar-refractivity contribution in [2.45, 2.75) is 132 Å². The molecular weight excluding hydrogens is 440 g/mol. The van der Waals surface area contributed by atoms with Gasteiger partial charge in [0.1, 0.15) is 0 Å². The van der Waals surface area contributed by atoms with E-state index in [0.29, 0.717) is 22.3 Å². The summed E-state index contributed by atoms with van der Waals surface area (Å²) in [7, 11) is -1.46. The first kappa shape index (κ1) is 26.5. The van der Waals surface area contributed by atoms with Gasteiger partial charge in [-0.3, -0.25) is 0 Å². The molecule has 11 unspecified atom stereocenters. The highest BCUT2D eigenvalue weighted by Crippen LogP contribution is 2.71. The molecule has 35 heavy (non-hydrogen) atoms. The predicted octanol–water partition coefficient (Wildman–Crippen LogP) is 9.74. The molecule has 0 amide bonds. The van der Waals surface area contributed by atoms with Gasteiger partial charge in [0.2, 0.25) is 0 Å². The van der Waals surface area contributed by atoms with E-state index in [-0.39, 0.29) is 0 Å². The van der Waals surface area contributed by atoms with Crippen LogP contribution in [0.3, 0.4) is 0 Å². The maximum absolute atomic E-state index is 6.61. The lowest BCUT2D eigenvalue weighted by molar-refractivity contribution is -0.0583. The summed E-state index contributed by atoms with van der Waals surface area (Å²) in [4.78, 5) is 0. The fraction of sp³-hybridized carbons (Fsp3) is 0.939. The van der Waals surface area contributed by atoms with E-state index in [9.17, 15) is 0 Å². The van der Waals surface area contributed by atoms with Gasteiger partial charge in [-0.05, 0) is 141 Å². The second-order valence-electron chi connectivity index (χ2n) is 16.3. The minimum atomic E-state index is -1.46. The van der Waals surface area contributed by atoms with E-state index >= 15 is 0 Å². The summed E-state index contributed by atoms with van der Waals surface area (Å²) in [5.74, 6) is 7.34. The van der Waals surface area contributed by atoms with Crippen molar-refractivity contribution in [2.75, 3.05) is 0 Å². The van der Waals surface area contributed by atoms with Gasteiger partial charge in [0, 0.05) is 6.10 Å². The van der Waals surface area contributed by atoms with Crippen LogP contribution < -0.4 is 0 Å².